The molecule has 28 heavy (non-hydrogen) atoms. The molecule has 1 saturated heterocycles. The van der Waals surface area contributed by atoms with E-state index >= 15 is 0 Å². The van der Waals surface area contributed by atoms with Crippen LogP contribution in [0.2, 0.25) is 18.1 Å². The number of rotatable bonds is 5. The molecular formula is C22H33NO4Si. The van der Waals surface area contributed by atoms with Crippen molar-refractivity contribution in [3.63, 3.8) is 0 Å². The summed E-state index contributed by atoms with van der Waals surface area (Å²) in [6.45, 7) is 11.4. The largest absolute Gasteiger partial charge is 0.445 e. The summed E-state index contributed by atoms with van der Waals surface area (Å²) in [6.07, 6.45) is 2.32. The van der Waals surface area contributed by atoms with Crippen LogP contribution in [-0.2, 0) is 20.6 Å². The fraction of sp³-hybridized carbons (Fsp3) is 0.636. The molecule has 2 aliphatic rings. The Morgan fingerprint density at radius 1 is 1.18 bits per heavy atom. The normalized spacial score (nSPS) is 25.1. The molecule has 0 aromatic heterocycles. The Hall–Kier alpha value is -1.66. The van der Waals surface area contributed by atoms with Crippen LogP contribution in [0.25, 0.3) is 0 Å². The van der Waals surface area contributed by atoms with Crippen LogP contribution in [0.1, 0.15) is 45.6 Å². The van der Waals surface area contributed by atoms with Gasteiger partial charge >= 0.3 is 6.09 Å². The van der Waals surface area contributed by atoms with Crippen LogP contribution in [0.4, 0.5) is 4.79 Å². The number of fused-ring (bicyclic) bond motifs is 1. The van der Waals surface area contributed by atoms with Gasteiger partial charge in [-0.1, -0.05) is 57.5 Å². The molecule has 6 heteroatoms. The number of likely N-dealkylation sites (tertiary alicyclic amines) is 1. The van der Waals surface area contributed by atoms with E-state index in [2.05, 4.69) is 33.9 Å². The Labute approximate surface area is 169 Å². The number of ketones is 1. The van der Waals surface area contributed by atoms with Gasteiger partial charge in [0.05, 0.1) is 6.61 Å². The number of carbonyl (C=O) groups is 2. The zero-order valence-corrected chi connectivity index (χ0v) is 18.7. The average molecular weight is 404 g/mol. The maximum absolute atomic E-state index is 13.0. The van der Waals surface area contributed by atoms with E-state index in [0.29, 0.717) is 0 Å². The van der Waals surface area contributed by atoms with E-state index in [1.165, 1.54) is 0 Å². The first-order valence-electron chi connectivity index (χ1n) is 10.3. The second kappa shape index (κ2) is 7.99. The van der Waals surface area contributed by atoms with E-state index in [1.54, 1.807) is 4.90 Å². The molecule has 1 amide bonds. The quantitative estimate of drug-likeness (QED) is 0.665. The van der Waals surface area contributed by atoms with Gasteiger partial charge < -0.3 is 9.16 Å². The lowest BCUT2D eigenvalue weighted by Gasteiger charge is -2.38. The molecule has 3 atom stereocenters. The van der Waals surface area contributed by atoms with Crippen molar-refractivity contribution in [1.82, 2.24) is 4.90 Å². The standard InChI is InChI=1S/C22H33NO4Si/c1-22(2,3)28(4,5)27-15-19-20(24)17-12-9-13-18(17)23(19)21(25)26-14-16-10-7-6-8-11-16/h6-8,10-11,17-19H,9,12-15H2,1-5H3/t17-,18+,19-/m0/s1. The summed E-state index contributed by atoms with van der Waals surface area (Å²) < 4.78 is 11.9. The van der Waals surface area contributed by atoms with E-state index in [-0.39, 0.29) is 36.0 Å². The maximum Gasteiger partial charge on any atom is 0.411 e. The van der Waals surface area contributed by atoms with Crippen LogP contribution in [0.15, 0.2) is 30.3 Å². The predicted octanol–water partition coefficient (Wildman–Crippen LogP) is 4.77. The first-order chi connectivity index (χ1) is 13.1. The molecule has 0 spiro atoms. The summed E-state index contributed by atoms with van der Waals surface area (Å²) in [7, 11) is -2.00. The summed E-state index contributed by atoms with van der Waals surface area (Å²) in [5.74, 6) is 0.0927. The monoisotopic (exact) mass is 403 g/mol. The number of hydrogen-bond donors (Lipinski definition) is 0. The van der Waals surface area contributed by atoms with Gasteiger partial charge in [0.25, 0.3) is 0 Å². The fourth-order valence-electron chi connectivity index (χ4n) is 3.94. The highest BCUT2D eigenvalue weighted by Crippen LogP contribution is 2.41. The number of hydrogen-bond acceptors (Lipinski definition) is 4. The Bertz CT molecular complexity index is 713. The van der Waals surface area contributed by atoms with Crippen LogP contribution in [0.5, 0.6) is 0 Å². The van der Waals surface area contributed by atoms with Crippen molar-refractivity contribution >= 4 is 20.2 Å². The van der Waals surface area contributed by atoms with Gasteiger partial charge in [0.1, 0.15) is 12.6 Å². The number of carbonyl (C=O) groups excluding carboxylic acids is 2. The summed E-state index contributed by atoms with van der Waals surface area (Å²) >= 11 is 0. The summed E-state index contributed by atoms with van der Waals surface area (Å²) in [5, 5.41) is 0.0587. The van der Waals surface area contributed by atoms with Crippen molar-refractivity contribution < 1.29 is 18.8 Å². The Balaban J connectivity index is 1.71. The molecule has 0 N–H and O–H groups in total. The van der Waals surface area contributed by atoms with Gasteiger partial charge in [-0.05, 0) is 36.5 Å². The van der Waals surface area contributed by atoms with Gasteiger partial charge in [-0.3, -0.25) is 9.69 Å². The summed E-state index contributed by atoms with van der Waals surface area (Å²) in [4.78, 5) is 27.7. The zero-order chi connectivity index (χ0) is 20.5. The Kier molecular flexibility index (Phi) is 6.01. The number of benzene rings is 1. The second-order valence-electron chi connectivity index (χ2n) is 9.54. The van der Waals surface area contributed by atoms with E-state index < -0.39 is 20.5 Å². The molecule has 154 valence electrons. The van der Waals surface area contributed by atoms with Crippen LogP contribution in [0, 0.1) is 5.92 Å². The first kappa shape index (κ1) is 21.1. The van der Waals surface area contributed by atoms with Crippen molar-refractivity contribution in [1.29, 1.82) is 0 Å². The minimum Gasteiger partial charge on any atom is -0.445 e. The number of nitrogens with zero attached hydrogens (tertiary/aromatic N) is 1. The van der Waals surface area contributed by atoms with Gasteiger partial charge in [0.2, 0.25) is 0 Å². The highest BCUT2D eigenvalue weighted by molar-refractivity contribution is 6.74. The average Bonchev–Trinajstić information content (AvgIpc) is 3.20. The molecule has 3 rings (SSSR count). The molecule has 1 aliphatic carbocycles. The van der Waals surface area contributed by atoms with E-state index in [1.807, 2.05) is 30.3 Å². The minimum absolute atomic E-state index is 0.0382. The molecular weight excluding hydrogens is 370 g/mol. The van der Waals surface area contributed by atoms with Gasteiger partial charge in [-0.25, -0.2) is 4.79 Å². The molecule has 1 heterocycles. The molecule has 1 saturated carbocycles. The van der Waals surface area contributed by atoms with Crippen LogP contribution < -0.4 is 0 Å². The lowest BCUT2D eigenvalue weighted by Crippen LogP contribution is -2.49. The third kappa shape index (κ3) is 4.18. The number of amides is 1. The van der Waals surface area contributed by atoms with Crippen molar-refractivity contribution in [2.75, 3.05) is 6.61 Å². The molecule has 2 fully saturated rings. The maximum atomic E-state index is 13.0. The highest BCUT2D eigenvalue weighted by Gasteiger charge is 2.53. The number of ether oxygens (including phenoxy) is 1. The van der Waals surface area contributed by atoms with Crippen LogP contribution in [0.3, 0.4) is 0 Å². The van der Waals surface area contributed by atoms with Crippen molar-refractivity contribution in [2.45, 2.75) is 76.9 Å². The first-order valence-corrected chi connectivity index (χ1v) is 13.2. The Morgan fingerprint density at radius 2 is 1.86 bits per heavy atom. The molecule has 0 unspecified atom stereocenters. The molecule has 1 aliphatic heterocycles. The number of Topliss-reactive ketones (excluding diaryl/α,β-unsaturated/α-hetero) is 1. The topological polar surface area (TPSA) is 55.8 Å². The smallest absolute Gasteiger partial charge is 0.411 e. The minimum atomic E-state index is -2.00. The second-order valence-corrected chi connectivity index (χ2v) is 14.4. The van der Waals surface area contributed by atoms with E-state index in [4.69, 9.17) is 9.16 Å². The van der Waals surface area contributed by atoms with Crippen molar-refractivity contribution in [3.05, 3.63) is 35.9 Å². The van der Waals surface area contributed by atoms with Crippen LogP contribution >= 0.6 is 0 Å². The van der Waals surface area contributed by atoms with Gasteiger partial charge in [-0.15, -0.1) is 0 Å². The molecule has 1 aromatic rings. The summed E-state index contributed by atoms with van der Waals surface area (Å²) in [6, 6.07) is 9.08. The zero-order valence-electron chi connectivity index (χ0n) is 17.7. The third-order valence-electron chi connectivity index (χ3n) is 6.69. The molecule has 5 nitrogen and oxygen atoms in total. The van der Waals surface area contributed by atoms with Crippen molar-refractivity contribution in [2.24, 2.45) is 5.92 Å². The van der Waals surface area contributed by atoms with E-state index in [0.717, 1.165) is 24.8 Å². The lowest BCUT2D eigenvalue weighted by molar-refractivity contribution is -0.123. The molecule has 0 bridgehead atoms. The fourth-order valence-corrected chi connectivity index (χ4v) is 4.95. The van der Waals surface area contributed by atoms with E-state index in [9.17, 15) is 9.59 Å². The summed E-state index contributed by atoms with van der Waals surface area (Å²) in [5.41, 5.74) is 0.943. The lowest BCUT2D eigenvalue weighted by atomic mass is 10.0. The molecule has 1 aromatic carbocycles. The highest BCUT2D eigenvalue weighted by atomic mass is 28.4. The predicted molar refractivity (Wildman–Crippen MR) is 112 cm³/mol. The van der Waals surface area contributed by atoms with Gasteiger partial charge in [0, 0.05) is 12.0 Å². The van der Waals surface area contributed by atoms with Crippen LogP contribution in [-0.4, -0.2) is 43.8 Å². The van der Waals surface area contributed by atoms with Gasteiger partial charge in [-0.2, -0.15) is 0 Å². The van der Waals surface area contributed by atoms with Crippen molar-refractivity contribution in [3.8, 4) is 0 Å². The SMILES string of the molecule is CC(C)(C)[Si](C)(C)OC[C@H]1C(=O)[C@H]2CCC[C@H]2N1C(=O)OCc1ccccc1. The Morgan fingerprint density at radius 3 is 2.50 bits per heavy atom. The third-order valence-corrected chi connectivity index (χ3v) is 11.2. The molecule has 0 radical (unpaired) electrons. The van der Waals surface area contributed by atoms with Gasteiger partial charge in [0.15, 0.2) is 14.1 Å².